The third-order valence-corrected chi connectivity index (χ3v) is 6.39. The molecule has 0 aliphatic carbocycles. The second-order valence-corrected chi connectivity index (χ2v) is 9.23. The van der Waals surface area contributed by atoms with Gasteiger partial charge in [-0.1, -0.05) is 46.3 Å². The van der Waals surface area contributed by atoms with Crippen LogP contribution in [0.5, 0.6) is 0 Å². The van der Waals surface area contributed by atoms with Crippen LogP contribution in [-0.4, -0.2) is 44.7 Å². The molecule has 2 aliphatic rings. The molecule has 0 saturated carbocycles. The van der Waals surface area contributed by atoms with Gasteiger partial charge in [0.1, 0.15) is 5.82 Å². The zero-order valence-electron chi connectivity index (χ0n) is 17.0. The summed E-state index contributed by atoms with van der Waals surface area (Å²) in [6, 6.07) is 13.9. The highest BCUT2D eigenvalue weighted by Gasteiger charge is 2.43. The molecule has 0 bridgehead atoms. The number of hydrogen-bond acceptors (Lipinski definition) is 4. The zero-order chi connectivity index (χ0) is 20.4. The molecule has 4 nitrogen and oxygen atoms in total. The molecule has 0 aromatic heterocycles. The molecule has 0 radical (unpaired) electrons. The fourth-order valence-corrected chi connectivity index (χ4v) is 4.94. The SMILES string of the molecule is CN(C)CCNC[C@H]1CC[C@@H]2[C@H](O1)c1cc(Br)cc(F)c1N[C@H]2c1ccccc1. The number of nitrogens with zero attached hydrogens (tertiary/aromatic N) is 1. The van der Waals surface area contributed by atoms with Gasteiger partial charge in [-0.3, -0.25) is 0 Å². The molecule has 29 heavy (non-hydrogen) atoms. The van der Waals surface area contributed by atoms with E-state index in [1.165, 1.54) is 11.6 Å². The van der Waals surface area contributed by atoms with E-state index in [1.807, 2.05) is 24.3 Å². The fourth-order valence-electron chi connectivity index (χ4n) is 4.49. The van der Waals surface area contributed by atoms with E-state index in [2.05, 4.69) is 57.7 Å². The van der Waals surface area contributed by atoms with E-state index in [0.717, 1.165) is 42.5 Å². The number of likely N-dealkylation sites (N-methyl/N-ethyl adjacent to an activating group) is 1. The normalized spacial score (nSPS) is 26.0. The minimum atomic E-state index is -0.233. The molecule has 0 unspecified atom stereocenters. The third kappa shape index (κ3) is 4.66. The molecular weight excluding hydrogens is 433 g/mol. The van der Waals surface area contributed by atoms with E-state index in [0.29, 0.717) is 5.69 Å². The molecule has 0 spiro atoms. The average molecular weight is 462 g/mol. The van der Waals surface area contributed by atoms with Crippen molar-refractivity contribution >= 4 is 21.6 Å². The summed E-state index contributed by atoms with van der Waals surface area (Å²) in [5.74, 6) is 0.0419. The summed E-state index contributed by atoms with van der Waals surface area (Å²) in [4.78, 5) is 2.17. The van der Waals surface area contributed by atoms with E-state index in [9.17, 15) is 4.39 Å². The highest BCUT2D eigenvalue weighted by molar-refractivity contribution is 9.10. The van der Waals surface area contributed by atoms with Gasteiger partial charge in [0.15, 0.2) is 0 Å². The Hall–Kier alpha value is -1.47. The maximum Gasteiger partial charge on any atom is 0.147 e. The summed E-state index contributed by atoms with van der Waals surface area (Å²) in [5.41, 5.74) is 2.68. The lowest BCUT2D eigenvalue weighted by atomic mass is 9.76. The molecule has 1 fully saturated rings. The summed E-state index contributed by atoms with van der Waals surface area (Å²) in [7, 11) is 4.15. The van der Waals surface area contributed by atoms with Gasteiger partial charge in [0.2, 0.25) is 0 Å². The van der Waals surface area contributed by atoms with Crippen molar-refractivity contribution in [3.63, 3.8) is 0 Å². The van der Waals surface area contributed by atoms with Gasteiger partial charge < -0.3 is 20.3 Å². The Bertz CT molecular complexity index is 832. The molecule has 2 N–H and O–H groups in total. The van der Waals surface area contributed by atoms with Crippen LogP contribution in [0.25, 0.3) is 0 Å². The number of anilines is 1. The van der Waals surface area contributed by atoms with Crippen LogP contribution in [-0.2, 0) is 4.74 Å². The summed E-state index contributed by atoms with van der Waals surface area (Å²) < 4.78 is 22.2. The molecule has 6 heteroatoms. The second kappa shape index (κ2) is 9.13. The van der Waals surface area contributed by atoms with E-state index < -0.39 is 0 Å². The van der Waals surface area contributed by atoms with Gasteiger partial charge in [0.25, 0.3) is 0 Å². The minimum Gasteiger partial charge on any atom is -0.375 e. The van der Waals surface area contributed by atoms with Crippen molar-refractivity contribution in [2.45, 2.75) is 31.1 Å². The smallest absolute Gasteiger partial charge is 0.147 e. The summed E-state index contributed by atoms with van der Waals surface area (Å²) in [6.45, 7) is 2.76. The molecule has 2 aromatic carbocycles. The molecule has 156 valence electrons. The van der Waals surface area contributed by atoms with Crippen LogP contribution >= 0.6 is 15.9 Å². The van der Waals surface area contributed by atoms with Crippen molar-refractivity contribution in [3.05, 3.63) is 63.9 Å². The topological polar surface area (TPSA) is 36.5 Å². The van der Waals surface area contributed by atoms with Gasteiger partial charge in [-0.05, 0) is 44.6 Å². The first kappa shape index (κ1) is 20.8. The molecule has 0 amide bonds. The van der Waals surface area contributed by atoms with Crippen LogP contribution in [0, 0.1) is 11.7 Å². The highest BCUT2D eigenvalue weighted by atomic mass is 79.9. The van der Waals surface area contributed by atoms with Crippen molar-refractivity contribution in [2.75, 3.05) is 39.0 Å². The molecule has 2 heterocycles. The molecule has 2 aromatic rings. The molecule has 1 saturated heterocycles. The quantitative estimate of drug-likeness (QED) is 0.608. The van der Waals surface area contributed by atoms with E-state index >= 15 is 0 Å². The van der Waals surface area contributed by atoms with Crippen molar-refractivity contribution in [1.82, 2.24) is 10.2 Å². The predicted octanol–water partition coefficient (Wildman–Crippen LogP) is 4.74. The van der Waals surface area contributed by atoms with Gasteiger partial charge in [0, 0.05) is 35.6 Å². The number of halogens is 2. The molecule has 4 rings (SSSR count). The van der Waals surface area contributed by atoms with Crippen LogP contribution in [0.15, 0.2) is 46.9 Å². The standard InChI is InChI=1S/C23H29BrFN3O/c1-28(2)11-10-26-14-17-8-9-18-21(15-6-4-3-5-7-15)27-22-19(23(18)29-17)12-16(24)13-20(22)25/h3-7,12-13,17-18,21,23,26-27H,8-11,14H2,1-2H3/t17-,18+,21+,23+/m1/s1. The Morgan fingerprint density at radius 1 is 1.21 bits per heavy atom. The second-order valence-electron chi connectivity index (χ2n) is 8.31. The van der Waals surface area contributed by atoms with Gasteiger partial charge in [-0.2, -0.15) is 0 Å². The number of benzene rings is 2. The maximum absolute atomic E-state index is 14.8. The van der Waals surface area contributed by atoms with Crippen molar-refractivity contribution in [3.8, 4) is 0 Å². The maximum atomic E-state index is 14.8. The molecule has 2 aliphatic heterocycles. The van der Waals surface area contributed by atoms with Crippen LogP contribution in [0.3, 0.4) is 0 Å². The minimum absolute atomic E-state index is 0.0482. The van der Waals surface area contributed by atoms with Gasteiger partial charge in [-0.15, -0.1) is 0 Å². The van der Waals surface area contributed by atoms with E-state index in [1.54, 1.807) is 0 Å². The van der Waals surface area contributed by atoms with Crippen molar-refractivity contribution in [2.24, 2.45) is 5.92 Å². The fraction of sp³-hybridized carbons (Fsp3) is 0.478. The van der Waals surface area contributed by atoms with Crippen LogP contribution in [0.4, 0.5) is 10.1 Å². The monoisotopic (exact) mass is 461 g/mol. The number of fused-ring (bicyclic) bond motifs is 3. The third-order valence-electron chi connectivity index (χ3n) is 5.94. The first-order valence-corrected chi connectivity index (χ1v) is 11.1. The Morgan fingerprint density at radius 3 is 2.76 bits per heavy atom. The number of rotatable bonds is 6. The first-order chi connectivity index (χ1) is 14.0. The first-order valence-electron chi connectivity index (χ1n) is 10.3. The highest BCUT2D eigenvalue weighted by Crippen LogP contribution is 2.51. The van der Waals surface area contributed by atoms with Crippen molar-refractivity contribution in [1.29, 1.82) is 0 Å². The number of hydrogen-bond donors (Lipinski definition) is 2. The lowest BCUT2D eigenvalue weighted by Gasteiger charge is -2.46. The van der Waals surface area contributed by atoms with Gasteiger partial charge in [-0.25, -0.2) is 4.39 Å². The largest absolute Gasteiger partial charge is 0.375 e. The summed E-state index contributed by atoms with van der Waals surface area (Å²) >= 11 is 3.46. The number of ether oxygens (including phenoxy) is 1. The Balaban J connectivity index is 1.58. The van der Waals surface area contributed by atoms with Crippen LogP contribution < -0.4 is 10.6 Å². The number of nitrogens with one attached hydrogen (secondary N) is 2. The Kier molecular flexibility index (Phi) is 6.54. The lowest BCUT2D eigenvalue weighted by Crippen LogP contribution is -2.43. The Morgan fingerprint density at radius 2 is 2.00 bits per heavy atom. The lowest BCUT2D eigenvalue weighted by molar-refractivity contribution is -0.0917. The molecular formula is C23H29BrFN3O. The van der Waals surface area contributed by atoms with Crippen LogP contribution in [0.1, 0.15) is 36.1 Å². The van der Waals surface area contributed by atoms with Crippen LogP contribution in [0.2, 0.25) is 0 Å². The predicted molar refractivity (Wildman–Crippen MR) is 119 cm³/mol. The Labute approximate surface area is 180 Å². The van der Waals surface area contributed by atoms with Gasteiger partial charge in [0.05, 0.1) is 23.9 Å². The zero-order valence-corrected chi connectivity index (χ0v) is 18.6. The van der Waals surface area contributed by atoms with E-state index in [-0.39, 0.29) is 30.0 Å². The van der Waals surface area contributed by atoms with E-state index in [4.69, 9.17) is 4.74 Å². The van der Waals surface area contributed by atoms with Gasteiger partial charge >= 0.3 is 0 Å². The summed E-state index contributed by atoms with van der Waals surface area (Å²) in [5, 5.41) is 7.00. The summed E-state index contributed by atoms with van der Waals surface area (Å²) in [6.07, 6.45) is 2.08. The average Bonchev–Trinajstić information content (AvgIpc) is 2.71. The molecule has 4 atom stereocenters. The van der Waals surface area contributed by atoms with Crippen molar-refractivity contribution < 1.29 is 9.13 Å².